The van der Waals surface area contributed by atoms with Crippen molar-refractivity contribution in [2.75, 3.05) is 6.54 Å². The maximum Gasteiger partial charge on any atom is 0.0807 e. The lowest BCUT2D eigenvalue weighted by molar-refractivity contribution is -0.121. The highest BCUT2D eigenvalue weighted by molar-refractivity contribution is 4.90. The summed E-state index contributed by atoms with van der Waals surface area (Å²) < 4.78 is 5.70. The van der Waals surface area contributed by atoms with Crippen LogP contribution < -0.4 is 5.73 Å². The Morgan fingerprint density at radius 2 is 2.10 bits per heavy atom. The normalized spacial score (nSPS) is 22.8. The van der Waals surface area contributed by atoms with Crippen molar-refractivity contribution in [3.05, 3.63) is 0 Å². The highest BCUT2D eigenvalue weighted by atomic mass is 16.5. The third-order valence-corrected chi connectivity index (χ3v) is 2.12. The second kappa shape index (κ2) is 2.89. The van der Waals surface area contributed by atoms with Crippen molar-refractivity contribution in [3.63, 3.8) is 0 Å². The Bertz CT molecular complexity index is 102. The van der Waals surface area contributed by atoms with E-state index in [9.17, 15) is 0 Å². The van der Waals surface area contributed by atoms with E-state index in [0.717, 1.165) is 12.8 Å². The summed E-state index contributed by atoms with van der Waals surface area (Å²) in [5, 5.41) is 0. The number of hydrogen-bond acceptors (Lipinski definition) is 2. The Kier molecular flexibility index (Phi) is 2.32. The van der Waals surface area contributed by atoms with E-state index in [1.807, 2.05) is 0 Å². The van der Waals surface area contributed by atoms with Crippen LogP contribution in [0.4, 0.5) is 0 Å². The number of ether oxygens (including phenoxy) is 1. The smallest absolute Gasteiger partial charge is 0.0807 e. The average Bonchev–Trinajstić information content (AvgIpc) is 1.78. The van der Waals surface area contributed by atoms with Gasteiger partial charge in [0.2, 0.25) is 0 Å². The van der Waals surface area contributed by atoms with Crippen LogP contribution in [0.1, 0.15) is 33.1 Å². The summed E-state index contributed by atoms with van der Waals surface area (Å²) in [7, 11) is 0. The molecular formula is C8H17NO. The Labute approximate surface area is 62.7 Å². The van der Waals surface area contributed by atoms with Gasteiger partial charge in [-0.15, -0.1) is 0 Å². The van der Waals surface area contributed by atoms with Gasteiger partial charge in [0.05, 0.1) is 11.7 Å². The van der Waals surface area contributed by atoms with Gasteiger partial charge in [-0.25, -0.2) is 0 Å². The molecule has 0 atom stereocenters. The lowest BCUT2D eigenvalue weighted by Crippen LogP contribution is -2.48. The second-order valence-electron chi connectivity index (χ2n) is 3.41. The molecule has 0 aromatic rings. The maximum atomic E-state index is 5.70. The van der Waals surface area contributed by atoms with Gasteiger partial charge in [-0.2, -0.15) is 0 Å². The fraction of sp³-hybridized carbons (Fsp3) is 1.00. The minimum Gasteiger partial charge on any atom is -0.371 e. The van der Waals surface area contributed by atoms with Gasteiger partial charge in [-0.3, -0.25) is 0 Å². The van der Waals surface area contributed by atoms with E-state index in [4.69, 9.17) is 10.5 Å². The molecule has 0 aromatic heterocycles. The van der Waals surface area contributed by atoms with Gasteiger partial charge in [-0.1, -0.05) is 0 Å². The van der Waals surface area contributed by atoms with Crippen LogP contribution in [0.25, 0.3) is 0 Å². The lowest BCUT2D eigenvalue weighted by Gasteiger charge is -2.42. The summed E-state index contributed by atoms with van der Waals surface area (Å²) in [6.45, 7) is 4.82. The average molecular weight is 143 g/mol. The topological polar surface area (TPSA) is 35.2 Å². The predicted molar refractivity (Wildman–Crippen MR) is 41.9 cm³/mol. The van der Waals surface area contributed by atoms with E-state index in [-0.39, 0.29) is 5.60 Å². The summed E-state index contributed by atoms with van der Waals surface area (Å²) in [6.07, 6.45) is 3.91. The fourth-order valence-electron chi connectivity index (χ4n) is 1.44. The second-order valence-corrected chi connectivity index (χ2v) is 3.41. The molecule has 1 saturated carbocycles. The van der Waals surface area contributed by atoms with Gasteiger partial charge in [0.1, 0.15) is 0 Å². The molecule has 1 rings (SSSR count). The quantitative estimate of drug-likeness (QED) is 0.646. The minimum absolute atomic E-state index is 0.0637. The predicted octanol–water partition coefficient (Wildman–Crippen LogP) is 1.29. The Morgan fingerprint density at radius 3 is 2.20 bits per heavy atom. The molecule has 2 heteroatoms. The third-order valence-electron chi connectivity index (χ3n) is 2.12. The SMILES string of the molecule is CC(C)OC1(CN)CCC1. The van der Waals surface area contributed by atoms with E-state index in [1.54, 1.807) is 0 Å². The van der Waals surface area contributed by atoms with Crippen molar-refractivity contribution in [2.24, 2.45) is 5.73 Å². The van der Waals surface area contributed by atoms with Crippen LogP contribution in [0, 0.1) is 0 Å². The van der Waals surface area contributed by atoms with Crippen LogP contribution in [0.15, 0.2) is 0 Å². The largest absolute Gasteiger partial charge is 0.371 e. The van der Waals surface area contributed by atoms with Crippen LogP contribution in [-0.2, 0) is 4.74 Å². The van der Waals surface area contributed by atoms with E-state index < -0.39 is 0 Å². The first-order chi connectivity index (χ1) is 4.68. The van der Waals surface area contributed by atoms with Crippen LogP contribution >= 0.6 is 0 Å². The van der Waals surface area contributed by atoms with Crippen molar-refractivity contribution < 1.29 is 4.74 Å². The van der Waals surface area contributed by atoms with Gasteiger partial charge in [0, 0.05) is 6.54 Å². The summed E-state index contributed by atoms with van der Waals surface area (Å²) in [5.74, 6) is 0. The molecule has 1 aliphatic carbocycles. The number of nitrogens with two attached hydrogens (primary N) is 1. The lowest BCUT2D eigenvalue weighted by atomic mass is 9.80. The van der Waals surface area contributed by atoms with Crippen LogP contribution in [0.5, 0.6) is 0 Å². The highest BCUT2D eigenvalue weighted by Gasteiger charge is 2.37. The van der Waals surface area contributed by atoms with Gasteiger partial charge in [0.15, 0.2) is 0 Å². The van der Waals surface area contributed by atoms with Crippen molar-refractivity contribution in [3.8, 4) is 0 Å². The van der Waals surface area contributed by atoms with Crippen molar-refractivity contribution in [1.29, 1.82) is 0 Å². The molecule has 0 radical (unpaired) electrons. The molecule has 0 spiro atoms. The zero-order valence-corrected chi connectivity index (χ0v) is 6.89. The van der Waals surface area contributed by atoms with E-state index >= 15 is 0 Å². The molecule has 0 unspecified atom stereocenters. The van der Waals surface area contributed by atoms with E-state index in [0.29, 0.717) is 12.6 Å². The minimum atomic E-state index is 0.0637. The van der Waals surface area contributed by atoms with Gasteiger partial charge in [-0.05, 0) is 33.1 Å². The molecule has 2 N–H and O–H groups in total. The molecule has 10 heavy (non-hydrogen) atoms. The number of rotatable bonds is 3. The molecule has 0 aliphatic heterocycles. The van der Waals surface area contributed by atoms with Crippen molar-refractivity contribution in [1.82, 2.24) is 0 Å². The zero-order valence-electron chi connectivity index (χ0n) is 6.89. The molecule has 0 bridgehead atoms. The first-order valence-corrected chi connectivity index (χ1v) is 4.06. The van der Waals surface area contributed by atoms with Gasteiger partial charge in [0.25, 0.3) is 0 Å². The molecular weight excluding hydrogens is 126 g/mol. The first kappa shape index (κ1) is 8.02. The third kappa shape index (κ3) is 1.50. The van der Waals surface area contributed by atoms with Crippen LogP contribution in [0.2, 0.25) is 0 Å². The fourth-order valence-corrected chi connectivity index (χ4v) is 1.44. The van der Waals surface area contributed by atoms with E-state index in [1.165, 1.54) is 6.42 Å². The van der Waals surface area contributed by atoms with Gasteiger partial charge < -0.3 is 10.5 Å². The molecule has 0 heterocycles. The molecule has 1 fully saturated rings. The molecule has 1 aliphatic rings. The van der Waals surface area contributed by atoms with Crippen LogP contribution in [0.3, 0.4) is 0 Å². The molecule has 60 valence electrons. The van der Waals surface area contributed by atoms with Crippen molar-refractivity contribution in [2.45, 2.75) is 44.8 Å². The molecule has 0 saturated heterocycles. The summed E-state index contributed by atoms with van der Waals surface area (Å²) in [4.78, 5) is 0. The molecule has 2 nitrogen and oxygen atoms in total. The Morgan fingerprint density at radius 1 is 1.50 bits per heavy atom. The Balaban J connectivity index is 2.33. The Hall–Kier alpha value is -0.0800. The van der Waals surface area contributed by atoms with Gasteiger partial charge >= 0.3 is 0 Å². The number of hydrogen-bond donors (Lipinski definition) is 1. The molecule has 0 aromatic carbocycles. The highest BCUT2D eigenvalue weighted by Crippen LogP contribution is 2.35. The standard InChI is InChI=1S/C8H17NO/c1-7(2)10-8(6-9)4-3-5-8/h7H,3-6,9H2,1-2H3. The maximum absolute atomic E-state index is 5.70. The van der Waals surface area contributed by atoms with Crippen LogP contribution in [-0.4, -0.2) is 18.2 Å². The first-order valence-electron chi connectivity index (χ1n) is 4.06. The van der Waals surface area contributed by atoms with E-state index in [2.05, 4.69) is 13.8 Å². The summed E-state index contributed by atoms with van der Waals surface area (Å²) in [6, 6.07) is 0. The summed E-state index contributed by atoms with van der Waals surface area (Å²) in [5.41, 5.74) is 5.66. The zero-order chi connectivity index (χ0) is 7.61. The monoisotopic (exact) mass is 143 g/mol. The summed E-state index contributed by atoms with van der Waals surface area (Å²) >= 11 is 0. The molecule has 0 amide bonds. The van der Waals surface area contributed by atoms with Crippen molar-refractivity contribution >= 4 is 0 Å².